The van der Waals surface area contributed by atoms with Gasteiger partial charge in [-0.25, -0.2) is 0 Å². The summed E-state index contributed by atoms with van der Waals surface area (Å²) in [6.45, 7) is 3.65. The Hall–Kier alpha value is -0.550. The van der Waals surface area contributed by atoms with E-state index in [9.17, 15) is 0 Å². The summed E-state index contributed by atoms with van der Waals surface area (Å²) >= 11 is 2.22. The van der Waals surface area contributed by atoms with Crippen molar-refractivity contribution >= 4 is 22.6 Å². The number of rotatable bonds is 3. The zero-order valence-corrected chi connectivity index (χ0v) is 9.61. The molecule has 0 bridgehead atoms. The van der Waals surface area contributed by atoms with Crippen LogP contribution in [-0.4, -0.2) is 7.11 Å². The van der Waals surface area contributed by atoms with Crippen molar-refractivity contribution in [3.8, 4) is 5.75 Å². The molecule has 1 atom stereocenters. The summed E-state index contributed by atoms with van der Waals surface area (Å²) in [5.41, 5.74) is 6.85. The Bertz CT molecular complexity index is 312. The lowest BCUT2D eigenvalue weighted by Crippen LogP contribution is -2.06. The average Bonchev–Trinajstić information content (AvgIpc) is 2.16. The highest BCUT2D eigenvalue weighted by atomic mass is 127. The van der Waals surface area contributed by atoms with Crippen molar-refractivity contribution in [2.24, 2.45) is 5.73 Å². The third-order valence-corrected chi connectivity index (χ3v) is 2.66. The molecular formula is C10H12INO. The van der Waals surface area contributed by atoms with E-state index in [1.807, 2.05) is 18.2 Å². The number of nitrogens with two attached hydrogens (primary N) is 1. The Balaban J connectivity index is 3.02. The van der Waals surface area contributed by atoms with Gasteiger partial charge >= 0.3 is 0 Å². The molecule has 2 nitrogen and oxygen atoms in total. The van der Waals surface area contributed by atoms with Gasteiger partial charge in [0.2, 0.25) is 0 Å². The van der Waals surface area contributed by atoms with Crippen molar-refractivity contribution in [3.63, 3.8) is 0 Å². The number of methoxy groups -OCH3 is 1. The first-order valence-electron chi connectivity index (χ1n) is 3.90. The van der Waals surface area contributed by atoms with Gasteiger partial charge in [-0.1, -0.05) is 12.1 Å². The molecule has 0 saturated carbocycles. The van der Waals surface area contributed by atoms with Gasteiger partial charge in [-0.2, -0.15) is 0 Å². The van der Waals surface area contributed by atoms with Crippen molar-refractivity contribution in [2.75, 3.05) is 7.11 Å². The minimum Gasteiger partial charge on any atom is -0.496 e. The number of hydrogen-bond donors (Lipinski definition) is 1. The van der Waals surface area contributed by atoms with E-state index in [0.29, 0.717) is 0 Å². The quantitative estimate of drug-likeness (QED) is 0.685. The standard InChI is InChI=1S/C10H12INO/c1-3-9(12)7-4-5-10(13-2)8(11)6-7/h3-6,9H,1,12H2,2H3/t9-/m1/s1. The maximum atomic E-state index is 5.79. The van der Waals surface area contributed by atoms with Gasteiger partial charge in [0, 0.05) is 6.04 Å². The maximum absolute atomic E-state index is 5.79. The molecule has 0 unspecified atom stereocenters. The first-order chi connectivity index (χ1) is 6.19. The molecule has 0 amide bonds. The van der Waals surface area contributed by atoms with E-state index in [1.54, 1.807) is 13.2 Å². The van der Waals surface area contributed by atoms with Gasteiger partial charge in [0.25, 0.3) is 0 Å². The molecule has 0 aromatic heterocycles. The second kappa shape index (κ2) is 4.62. The Morgan fingerprint density at radius 1 is 1.62 bits per heavy atom. The Morgan fingerprint density at radius 2 is 2.31 bits per heavy atom. The average molecular weight is 289 g/mol. The zero-order valence-electron chi connectivity index (χ0n) is 7.46. The van der Waals surface area contributed by atoms with Crippen LogP contribution in [0.3, 0.4) is 0 Å². The minimum absolute atomic E-state index is 0.0978. The molecule has 0 saturated heterocycles. The van der Waals surface area contributed by atoms with Gasteiger partial charge in [-0.15, -0.1) is 6.58 Å². The molecular weight excluding hydrogens is 277 g/mol. The molecule has 0 spiro atoms. The molecule has 1 aromatic carbocycles. The minimum atomic E-state index is -0.0978. The number of benzene rings is 1. The predicted molar refractivity (Wildman–Crippen MR) is 62.8 cm³/mol. The van der Waals surface area contributed by atoms with Crippen molar-refractivity contribution in [1.29, 1.82) is 0 Å². The van der Waals surface area contributed by atoms with Crippen LogP contribution in [0, 0.1) is 3.57 Å². The van der Waals surface area contributed by atoms with Crippen LogP contribution >= 0.6 is 22.6 Å². The van der Waals surface area contributed by atoms with E-state index >= 15 is 0 Å². The van der Waals surface area contributed by atoms with Crippen LogP contribution in [0.5, 0.6) is 5.75 Å². The van der Waals surface area contributed by atoms with Crippen LogP contribution in [0.4, 0.5) is 0 Å². The molecule has 0 radical (unpaired) electrons. The van der Waals surface area contributed by atoms with E-state index in [-0.39, 0.29) is 6.04 Å². The summed E-state index contributed by atoms with van der Waals surface area (Å²) in [5, 5.41) is 0. The highest BCUT2D eigenvalue weighted by Crippen LogP contribution is 2.24. The highest BCUT2D eigenvalue weighted by molar-refractivity contribution is 14.1. The summed E-state index contributed by atoms with van der Waals surface area (Å²) < 4.78 is 6.20. The van der Waals surface area contributed by atoms with Gasteiger partial charge in [0.15, 0.2) is 0 Å². The second-order valence-electron chi connectivity index (χ2n) is 2.66. The van der Waals surface area contributed by atoms with Gasteiger partial charge < -0.3 is 10.5 Å². The smallest absolute Gasteiger partial charge is 0.132 e. The monoisotopic (exact) mass is 289 g/mol. The topological polar surface area (TPSA) is 35.2 Å². The van der Waals surface area contributed by atoms with Crippen molar-refractivity contribution < 1.29 is 4.74 Å². The fourth-order valence-corrected chi connectivity index (χ4v) is 1.79. The molecule has 0 aliphatic heterocycles. The molecule has 0 fully saturated rings. The summed E-state index contributed by atoms with van der Waals surface area (Å²) in [7, 11) is 1.66. The fourth-order valence-electron chi connectivity index (χ4n) is 1.03. The molecule has 0 aliphatic rings. The van der Waals surface area contributed by atoms with Gasteiger partial charge in [-0.3, -0.25) is 0 Å². The molecule has 3 heteroatoms. The van der Waals surface area contributed by atoms with Crippen molar-refractivity contribution in [3.05, 3.63) is 40.0 Å². The lowest BCUT2D eigenvalue weighted by atomic mass is 10.1. The van der Waals surface area contributed by atoms with Crippen LogP contribution < -0.4 is 10.5 Å². The number of ether oxygens (including phenoxy) is 1. The Morgan fingerprint density at radius 3 is 2.77 bits per heavy atom. The third-order valence-electron chi connectivity index (χ3n) is 1.81. The molecule has 0 aliphatic carbocycles. The van der Waals surface area contributed by atoms with E-state index in [0.717, 1.165) is 14.9 Å². The fraction of sp³-hybridized carbons (Fsp3) is 0.200. The van der Waals surface area contributed by atoms with E-state index in [4.69, 9.17) is 10.5 Å². The first kappa shape index (κ1) is 10.5. The summed E-state index contributed by atoms with van der Waals surface area (Å²) in [4.78, 5) is 0. The van der Waals surface area contributed by atoms with Crippen molar-refractivity contribution in [2.45, 2.75) is 6.04 Å². The zero-order chi connectivity index (χ0) is 9.84. The third kappa shape index (κ3) is 2.45. The molecule has 1 aromatic rings. The Kier molecular flexibility index (Phi) is 3.74. The maximum Gasteiger partial charge on any atom is 0.132 e. The molecule has 2 N–H and O–H groups in total. The Labute approximate surface area is 91.9 Å². The highest BCUT2D eigenvalue weighted by Gasteiger charge is 2.04. The molecule has 13 heavy (non-hydrogen) atoms. The number of hydrogen-bond acceptors (Lipinski definition) is 2. The SMILES string of the molecule is C=C[C@@H](N)c1ccc(OC)c(I)c1. The summed E-state index contributed by atoms with van der Waals surface area (Å²) in [6.07, 6.45) is 1.72. The second-order valence-corrected chi connectivity index (χ2v) is 3.82. The van der Waals surface area contributed by atoms with E-state index < -0.39 is 0 Å². The van der Waals surface area contributed by atoms with Crippen molar-refractivity contribution in [1.82, 2.24) is 0 Å². The van der Waals surface area contributed by atoms with Crippen LogP contribution in [0.2, 0.25) is 0 Å². The van der Waals surface area contributed by atoms with Crippen LogP contribution in [0.15, 0.2) is 30.9 Å². The largest absolute Gasteiger partial charge is 0.496 e. The van der Waals surface area contributed by atoms with Crippen LogP contribution in [0.1, 0.15) is 11.6 Å². The van der Waals surface area contributed by atoms with Gasteiger partial charge in [-0.05, 0) is 40.3 Å². The summed E-state index contributed by atoms with van der Waals surface area (Å²) in [6, 6.07) is 5.78. The lowest BCUT2D eigenvalue weighted by molar-refractivity contribution is 0.411. The van der Waals surface area contributed by atoms with Gasteiger partial charge in [0.1, 0.15) is 5.75 Å². The normalized spacial score (nSPS) is 12.2. The molecule has 0 heterocycles. The first-order valence-corrected chi connectivity index (χ1v) is 4.98. The van der Waals surface area contributed by atoms with Gasteiger partial charge in [0.05, 0.1) is 10.7 Å². The lowest BCUT2D eigenvalue weighted by Gasteiger charge is -2.09. The predicted octanol–water partition coefficient (Wildman–Crippen LogP) is 2.49. The molecule has 1 rings (SSSR count). The number of halogens is 1. The van der Waals surface area contributed by atoms with Crippen LogP contribution in [0.25, 0.3) is 0 Å². The molecule has 70 valence electrons. The van der Waals surface area contributed by atoms with E-state index in [1.165, 1.54) is 0 Å². The van der Waals surface area contributed by atoms with Crippen LogP contribution in [-0.2, 0) is 0 Å². The summed E-state index contributed by atoms with van der Waals surface area (Å²) in [5.74, 6) is 0.876. The van der Waals surface area contributed by atoms with E-state index in [2.05, 4.69) is 29.2 Å².